The van der Waals surface area contributed by atoms with Crippen LogP contribution in [0.3, 0.4) is 0 Å². The Labute approximate surface area is 237 Å². The van der Waals surface area contributed by atoms with Crippen LogP contribution in [0.5, 0.6) is 5.75 Å². The second-order valence-electron chi connectivity index (χ2n) is 9.51. The summed E-state index contributed by atoms with van der Waals surface area (Å²) in [5.41, 5.74) is 2.26. The van der Waals surface area contributed by atoms with Gasteiger partial charge in [0.15, 0.2) is 0 Å². The Kier molecular flexibility index (Phi) is 8.57. The van der Waals surface area contributed by atoms with Crippen LogP contribution >= 0.6 is 23.5 Å². The molecule has 4 atom stereocenters. The second kappa shape index (κ2) is 12.3. The van der Waals surface area contributed by atoms with E-state index in [1.54, 1.807) is 60.3 Å². The predicted molar refractivity (Wildman–Crippen MR) is 152 cm³/mol. The van der Waals surface area contributed by atoms with Gasteiger partial charge in [0.05, 0.1) is 19.1 Å². The number of benzene rings is 1. The number of rotatable bonds is 11. The molecule has 1 fully saturated rings. The van der Waals surface area contributed by atoms with Crippen LogP contribution in [0.4, 0.5) is 0 Å². The zero-order valence-electron chi connectivity index (χ0n) is 22.2. The van der Waals surface area contributed by atoms with Crippen molar-refractivity contribution in [3.8, 4) is 5.75 Å². The molecule has 0 N–H and O–H groups in total. The standard InChI is InChI=1S/C30H31N3O4S2/c1-4-24-25(18-38-22-9-13-31-14-10-22)28(30(35)37-17-20-5-7-21(36-3)8-6-20)33-27(24)26(29(33)34)19(2)39-23-11-15-32-16-12-23/h5-16,19,24,26-27H,4,17-18H2,1-3H3/t19?,24?,26-,27-/m1/s1. The monoisotopic (exact) mass is 561 g/mol. The van der Waals surface area contributed by atoms with Gasteiger partial charge in [-0.3, -0.25) is 14.8 Å². The quantitative estimate of drug-likeness (QED) is 0.169. The summed E-state index contributed by atoms with van der Waals surface area (Å²) in [7, 11) is 1.61. The minimum absolute atomic E-state index is 0.00665. The lowest BCUT2D eigenvalue weighted by molar-refractivity contribution is -0.158. The molecule has 2 aliphatic heterocycles. The van der Waals surface area contributed by atoms with Gasteiger partial charge in [-0.1, -0.05) is 26.0 Å². The van der Waals surface area contributed by atoms with Crippen LogP contribution in [0.1, 0.15) is 25.8 Å². The SMILES string of the molecule is CCC1C(CSc2ccncc2)=C(C(=O)OCc2ccc(OC)cc2)N2C(=O)[C@H](C(C)Sc3ccncc3)[C@@H]12. The first kappa shape index (κ1) is 27.3. The first-order valence-corrected chi connectivity index (χ1v) is 14.8. The molecule has 7 nitrogen and oxygen atoms in total. The van der Waals surface area contributed by atoms with E-state index < -0.39 is 5.97 Å². The van der Waals surface area contributed by atoms with Gasteiger partial charge in [-0.25, -0.2) is 4.79 Å². The lowest BCUT2D eigenvalue weighted by Gasteiger charge is -2.48. The number of nitrogens with zero attached hydrogens (tertiary/aromatic N) is 3. The molecule has 202 valence electrons. The van der Waals surface area contributed by atoms with Crippen molar-refractivity contribution in [3.05, 3.63) is 90.2 Å². The van der Waals surface area contributed by atoms with E-state index in [-0.39, 0.29) is 35.6 Å². The number of hydrogen-bond donors (Lipinski definition) is 0. The molecule has 0 saturated carbocycles. The molecule has 5 rings (SSSR count). The van der Waals surface area contributed by atoms with Gasteiger partial charge in [-0.2, -0.15) is 0 Å². The molecule has 0 radical (unpaired) electrons. The molecule has 0 spiro atoms. The molecule has 2 aliphatic rings. The molecule has 4 heterocycles. The third kappa shape index (κ3) is 5.70. The number of carbonyl (C=O) groups is 2. The van der Waals surface area contributed by atoms with E-state index in [0.29, 0.717) is 11.4 Å². The van der Waals surface area contributed by atoms with Crippen LogP contribution < -0.4 is 4.74 Å². The average Bonchev–Trinajstić information content (AvgIpc) is 3.25. The zero-order valence-corrected chi connectivity index (χ0v) is 23.8. The van der Waals surface area contributed by atoms with Gasteiger partial charge in [-0.05, 0) is 54.0 Å². The predicted octanol–water partition coefficient (Wildman–Crippen LogP) is 5.62. The minimum atomic E-state index is -0.446. The summed E-state index contributed by atoms with van der Waals surface area (Å²) in [5.74, 6) is 0.802. The van der Waals surface area contributed by atoms with Crippen molar-refractivity contribution in [2.24, 2.45) is 11.8 Å². The van der Waals surface area contributed by atoms with Crippen molar-refractivity contribution in [2.45, 2.75) is 48.0 Å². The van der Waals surface area contributed by atoms with E-state index in [2.05, 4.69) is 23.8 Å². The lowest BCUT2D eigenvalue weighted by Crippen LogP contribution is -2.63. The van der Waals surface area contributed by atoms with E-state index in [1.165, 1.54) is 0 Å². The number of carbonyl (C=O) groups excluding carboxylic acids is 2. The number of hydrogen-bond acceptors (Lipinski definition) is 8. The maximum absolute atomic E-state index is 13.6. The van der Waals surface area contributed by atoms with Crippen LogP contribution in [0.15, 0.2) is 94.4 Å². The first-order chi connectivity index (χ1) is 19.0. The highest BCUT2D eigenvalue weighted by Gasteiger charge is 2.60. The van der Waals surface area contributed by atoms with Gasteiger partial charge in [0, 0.05) is 51.5 Å². The minimum Gasteiger partial charge on any atom is -0.497 e. The Morgan fingerprint density at radius 2 is 1.64 bits per heavy atom. The highest BCUT2D eigenvalue weighted by Crippen LogP contribution is 2.52. The smallest absolute Gasteiger partial charge is 0.355 e. The second-order valence-corrected chi connectivity index (χ2v) is 12.0. The summed E-state index contributed by atoms with van der Waals surface area (Å²) in [5, 5.41) is 0.0546. The van der Waals surface area contributed by atoms with E-state index in [9.17, 15) is 9.59 Å². The van der Waals surface area contributed by atoms with Crippen molar-refractivity contribution in [2.75, 3.05) is 12.9 Å². The third-order valence-electron chi connectivity index (χ3n) is 7.28. The van der Waals surface area contributed by atoms with E-state index >= 15 is 0 Å². The van der Waals surface area contributed by atoms with Gasteiger partial charge < -0.3 is 14.4 Å². The summed E-state index contributed by atoms with van der Waals surface area (Å²) in [6.45, 7) is 4.35. The number of esters is 1. The molecule has 3 aromatic rings. The largest absolute Gasteiger partial charge is 0.497 e. The van der Waals surface area contributed by atoms with Crippen LogP contribution in [0, 0.1) is 11.8 Å². The Morgan fingerprint density at radius 3 is 2.26 bits per heavy atom. The van der Waals surface area contributed by atoms with Crippen molar-refractivity contribution in [1.29, 1.82) is 0 Å². The Balaban J connectivity index is 1.39. The fourth-order valence-electron chi connectivity index (χ4n) is 5.37. The summed E-state index contributed by atoms with van der Waals surface area (Å²) in [6.07, 6.45) is 7.89. The van der Waals surface area contributed by atoms with Gasteiger partial charge in [0.1, 0.15) is 18.1 Å². The number of amides is 1. The Morgan fingerprint density at radius 1 is 1.00 bits per heavy atom. The summed E-state index contributed by atoms with van der Waals surface area (Å²) >= 11 is 3.33. The van der Waals surface area contributed by atoms with Crippen LogP contribution in [-0.4, -0.2) is 50.9 Å². The average molecular weight is 562 g/mol. The van der Waals surface area contributed by atoms with Crippen LogP contribution in [0.2, 0.25) is 0 Å². The number of ether oxygens (including phenoxy) is 2. The van der Waals surface area contributed by atoms with E-state index in [4.69, 9.17) is 9.47 Å². The number of methoxy groups -OCH3 is 1. The number of thioether (sulfide) groups is 2. The Hall–Kier alpha value is -3.30. The number of pyridine rings is 2. The normalized spacial score (nSPS) is 20.8. The molecule has 1 aromatic carbocycles. The van der Waals surface area contributed by atoms with Gasteiger partial charge in [0.25, 0.3) is 0 Å². The molecule has 2 aromatic heterocycles. The van der Waals surface area contributed by atoms with Crippen molar-refractivity contribution in [1.82, 2.24) is 14.9 Å². The zero-order chi connectivity index (χ0) is 27.4. The molecule has 1 amide bonds. The molecule has 2 unspecified atom stereocenters. The van der Waals surface area contributed by atoms with Gasteiger partial charge in [-0.15, -0.1) is 23.5 Å². The van der Waals surface area contributed by atoms with E-state index in [0.717, 1.165) is 33.1 Å². The summed E-state index contributed by atoms with van der Waals surface area (Å²) in [4.78, 5) is 39.3. The van der Waals surface area contributed by atoms with Crippen LogP contribution in [-0.2, 0) is 20.9 Å². The Bertz CT molecular complexity index is 1340. The van der Waals surface area contributed by atoms with Crippen molar-refractivity contribution >= 4 is 35.4 Å². The highest BCUT2D eigenvalue weighted by molar-refractivity contribution is 8.00. The molecule has 0 aliphatic carbocycles. The van der Waals surface area contributed by atoms with Crippen LogP contribution in [0.25, 0.3) is 0 Å². The summed E-state index contributed by atoms with van der Waals surface area (Å²) in [6, 6.07) is 15.2. The summed E-state index contributed by atoms with van der Waals surface area (Å²) < 4.78 is 11.0. The molecule has 9 heteroatoms. The van der Waals surface area contributed by atoms with Gasteiger partial charge >= 0.3 is 5.97 Å². The fourth-order valence-corrected chi connectivity index (χ4v) is 7.49. The topological polar surface area (TPSA) is 81.6 Å². The van der Waals surface area contributed by atoms with Crippen molar-refractivity contribution < 1.29 is 19.1 Å². The molecule has 1 saturated heterocycles. The molecule has 39 heavy (non-hydrogen) atoms. The maximum atomic E-state index is 13.6. The number of β-lactam (4-membered cyclic amide) rings is 1. The van der Waals surface area contributed by atoms with Gasteiger partial charge in [0.2, 0.25) is 5.91 Å². The van der Waals surface area contributed by atoms with Crippen molar-refractivity contribution in [3.63, 3.8) is 0 Å². The lowest BCUT2D eigenvalue weighted by atomic mass is 9.77. The van der Waals surface area contributed by atoms with E-state index in [1.807, 2.05) is 48.5 Å². The maximum Gasteiger partial charge on any atom is 0.355 e. The first-order valence-electron chi connectivity index (χ1n) is 13.0. The molecular weight excluding hydrogens is 530 g/mol. The highest BCUT2D eigenvalue weighted by atomic mass is 32.2. The number of fused-ring (bicyclic) bond motifs is 1. The molecular formula is C30H31N3O4S2. The third-order valence-corrected chi connectivity index (χ3v) is 9.55. The fraction of sp³-hybridized carbons (Fsp3) is 0.333. The number of aromatic nitrogens is 2. The molecule has 0 bridgehead atoms.